The molecule has 2 aliphatic rings. The maximum atomic E-state index is 11.3. The van der Waals surface area contributed by atoms with E-state index in [1.165, 1.54) is 12.8 Å². The zero-order valence-electron chi connectivity index (χ0n) is 9.99. The second-order valence-corrected chi connectivity index (χ2v) is 5.50. The average Bonchev–Trinajstić information content (AvgIpc) is 2.15. The van der Waals surface area contributed by atoms with Crippen LogP contribution in [-0.4, -0.2) is 36.0 Å². The van der Waals surface area contributed by atoms with Gasteiger partial charge < -0.3 is 4.74 Å². The number of esters is 2. The molecule has 0 bridgehead atoms. The van der Waals surface area contributed by atoms with Crippen LogP contribution in [0.1, 0.15) is 39.5 Å². The van der Waals surface area contributed by atoms with Crippen LogP contribution in [0, 0.1) is 5.41 Å². The van der Waals surface area contributed by atoms with Gasteiger partial charge in [-0.05, 0) is 18.3 Å². The minimum absolute atomic E-state index is 0.191. The molecule has 0 aromatic heterocycles. The second kappa shape index (κ2) is 4.17. The molecule has 0 aromatic rings. The molecule has 0 aromatic carbocycles. The zero-order valence-corrected chi connectivity index (χ0v) is 9.99. The van der Waals surface area contributed by atoms with Crippen molar-refractivity contribution in [2.75, 3.05) is 13.1 Å². The molecule has 1 aliphatic carbocycles. The number of carbonyl (C=O) groups excluding carboxylic acids is 2. The van der Waals surface area contributed by atoms with Crippen molar-refractivity contribution < 1.29 is 14.3 Å². The fourth-order valence-corrected chi connectivity index (χ4v) is 2.95. The Morgan fingerprint density at radius 2 is 1.81 bits per heavy atom. The Bertz CT molecular complexity index is 295. The van der Waals surface area contributed by atoms with Gasteiger partial charge in [0.25, 0.3) is 0 Å². The van der Waals surface area contributed by atoms with Crippen molar-refractivity contribution in [3.8, 4) is 0 Å². The van der Waals surface area contributed by atoms with E-state index in [0.29, 0.717) is 6.04 Å². The topological polar surface area (TPSA) is 46.6 Å². The summed E-state index contributed by atoms with van der Waals surface area (Å²) in [4.78, 5) is 24.5. The van der Waals surface area contributed by atoms with Crippen molar-refractivity contribution in [2.24, 2.45) is 5.41 Å². The van der Waals surface area contributed by atoms with Gasteiger partial charge in [-0.25, -0.2) is 0 Å². The third kappa shape index (κ3) is 2.26. The van der Waals surface area contributed by atoms with Gasteiger partial charge >= 0.3 is 11.9 Å². The van der Waals surface area contributed by atoms with E-state index < -0.39 is 11.9 Å². The number of hydrogen-bond donors (Lipinski definition) is 0. The maximum absolute atomic E-state index is 11.3. The number of hydrogen-bond acceptors (Lipinski definition) is 4. The Labute approximate surface area is 95.9 Å². The van der Waals surface area contributed by atoms with Crippen molar-refractivity contribution in [2.45, 2.75) is 45.6 Å². The smallest absolute Gasteiger partial charge is 0.327 e. The molecule has 0 N–H and O–H groups in total. The van der Waals surface area contributed by atoms with E-state index >= 15 is 0 Å². The monoisotopic (exact) mass is 225 g/mol. The van der Waals surface area contributed by atoms with Crippen molar-refractivity contribution in [1.29, 1.82) is 0 Å². The summed E-state index contributed by atoms with van der Waals surface area (Å²) in [5, 5.41) is 0. The van der Waals surface area contributed by atoms with Gasteiger partial charge in [-0.2, -0.15) is 0 Å². The molecule has 16 heavy (non-hydrogen) atoms. The van der Waals surface area contributed by atoms with E-state index in [2.05, 4.69) is 18.6 Å². The Hall–Kier alpha value is -0.900. The molecule has 4 nitrogen and oxygen atoms in total. The highest BCUT2D eigenvalue weighted by molar-refractivity contribution is 5.90. The fourth-order valence-electron chi connectivity index (χ4n) is 2.95. The van der Waals surface area contributed by atoms with Crippen LogP contribution in [0.2, 0.25) is 0 Å². The molecule has 2 rings (SSSR count). The molecular weight excluding hydrogens is 206 g/mol. The number of morpholine rings is 1. The number of carbonyl (C=O) groups is 2. The number of rotatable bonds is 1. The molecule has 0 radical (unpaired) electrons. The first-order valence-electron chi connectivity index (χ1n) is 5.96. The van der Waals surface area contributed by atoms with Crippen LogP contribution in [0.4, 0.5) is 0 Å². The zero-order chi connectivity index (χ0) is 11.8. The number of ether oxygens (including phenoxy) is 1. The Morgan fingerprint density at radius 1 is 1.19 bits per heavy atom. The Kier molecular flexibility index (Phi) is 3.02. The van der Waals surface area contributed by atoms with E-state index in [-0.39, 0.29) is 18.5 Å². The van der Waals surface area contributed by atoms with E-state index in [9.17, 15) is 9.59 Å². The molecule has 4 heteroatoms. The minimum atomic E-state index is -0.405. The SMILES string of the molecule is CC1(C)CCCCC1N1CC(=O)OC(=O)C1. The summed E-state index contributed by atoms with van der Waals surface area (Å²) >= 11 is 0. The van der Waals surface area contributed by atoms with E-state index in [0.717, 1.165) is 12.8 Å². The molecule has 1 saturated carbocycles. The first-order chi connectivity index (χ1) is 7.49. The third-order valence-corrected chi connectivity index (χ3v) is 3.78. The predicted octanol–water partition coefficient (Wildman–Crippen LogP) is 1.34. The van der Waals surface area contributed by atoms with Crippen LogP contribution in [0.3, 0.4) is 0 Å². The van der Waals surface area contributed by atoms with Crippen LogP contribution in [-0.2, 0) is 14.3 Å². The molecule has 1 unspecified atom stereocenters. The normalized spacial score (nSPS) is 31.2. The largest absolute Gasteiger partial charge is 0.391 e. The van der Waals surface area contributed by atoms with Crippen LogP contribution < -0.4 is 0 Å². The summed E-state index contributed by atoms with van der Waals surface area (Å²) in [5.74, 6) is -0.810. The van der Waals surface area contributed by atoms with Crippen molar-refractivity contribution in [3.05, 3.63) is 0 Å². The molecule has 1 saturated heterocycles. The molecule has 1 aliphatic heterocycles. The van der Waals surface area contributed by atoms with E-state index in [1.54, 1.807) is 0 Å². The van der Waals surface area contributed by atoms with Gasteiger partial charge in [0.2, 0.25) is 0 Å². The highest BCUT2D eigenvalue weighted by atomic mass is 16.6. The van der Waals surface area contributed by atoms with E-state index in [4.69, 9.17) is 0 Å². The van der Waals surface area contributed by atoms with Crippen molar-refractivity contribution >= 4 is 11.9 Å². The number of cyclic esters (lactones) is 2. The lowest BCUT2D eigenvalue weighted by Gasteiger charge is -2.45. The average molecular weight is 225 g/mol. The summed E-state index contributed by atoms with van der Waals surface area (Å²) in [6.07, 6.45) is 4.68. The molecule has 2 fully saturated rings. The molecule has 0 spiro atoms. The van der Waals surface area contributed by atoms with Crippen LogP contribution in [0.15, 0.2) is 0 Å². The first kappa shape index (κ1) is 11.6. The molecule has 0 amide bonds. The summed E-state index contributed by atoms with van der Waals surface area (Å²) in [6.45, 7) is 4.97. The lowest BCUT2D eigenvalue weighted by molar-refractivity contribution is -0.169. The molecular formula is C12H19NO3. The standard InChI is InChI=1S/C12H19NO3/c1-12(2)6-4-3-5-9(12)13-7-10(14)16-11(15)8-13/h9H,3-8H2,1-2H3. The maximum Gasteiger partial charge on any atom is 0.327 e. The highest BCUT2D eigenvalue weighted by Gasteiger charge is 2.39. The second-order valence-electron chi connectivity index (χ2n) is 5.50. The summed E-state index contributed by atoms with van der Waals surface area (Å²) in [5.41, 5.74) is 0.191. The van der Waals surface area contributed by atoms with Crippen LogP contribution in [0.25, 0.3) is 0 Å². The van der Waals surface area contributed by atoms with Gasteiger partial charge in [-0.15, -0.1) is 0 Å². The van der Waals surface area contributed by atoms with Gasteiger partial charge in [0.15, 0.2) is 0 Å². The fraction of sp³-hybridized carbons (Fsp3) is 0.833. The molecule has 1 atom stereocenters. The van der Waals surface area contributed by atoms with Crippen molar-refractivity contribution in [1.82, 2.24) is 4.90 Å². The predicted molar refractivity (Wildman–Crippen MR) is 58.7 cm³/mol. The van der Waals surface area contributed by atoms with Gasteiger partial charge in [0.1, 0.15) is 0 Å². The highest BCUT2D eigenvalue weighted by Crippen LogP contribution is 2.38. The minimum Gasteiger partial charge on any atom is -0.391 e. The third-order valence-electron chi connectivity index (χ3n) is 3.78. The lowest BCUT2D eigenvalue weighted by atomic mass is 9.72. The van der Waals surface area contributed by atoms with Gasteiger partial charge in [0.05, 0.1) is 13.1 Å². The van der Waals surface area contributed by atoms with Gasteiger partial charge in [-0.1, -0.05) is 26.7 Å². The Balaban J connectivity index is 2.10. The van der Waals surface area contributed by atoms with Crippen LogP contribution >= 0.6 is 0 Å². The van der Waals surface area contributed by atoms with Crippen molar-refractivity contribution in [3.63, 3.8) is 0 Å². The Morgan fingerprint density at radius 3 is 2.38 bits per heavy atom. The van der Waals surface area contributed by atoms with Crippen LogP contribution in [0.5, 0.6) is 0 Å². The number of nitrogens with zero attached hydrogens (tertiary/aromatic N) is 1. The summed E-state index contributed by atoms with van der Waals surface area (Å²) in [6, 6.07) is 0.332. The summed E-state index contributed by atoms with van der Waals surface area (Å²) in [7, 11) is 0. The summed E-state index contributed by atoms with van der Waals surface area (Å²) < 4.78 is 4.56. The lowest BCUT2D eigenvalue weighted by Crippen LogP contribution is -2.54. The molecule has 1 heterocycles. The molecule has 90 valence electrons. The van der Waals surface area contributed by atoms with Gasteiger partial charge in [-0.3, -0.25) is 14.5 Å². The van der Waals surface area contributed by atoms with E-state index in [1.807, 2.05) is 4.90 Å². The first-order valence-corrected chi connectivity index (χ1v) is 5.96. The van der Waals surface area contributed by atoms with Gasteiger partial charge in [0, 0.05) is 6.04 Å². The quantitative estimate of drug-likeness (QED) is 0.499.